The van der Waals surface area contributed by atoms with Crippen LogP contribution in [0.5, 0.6) is 0 Å². The molecule has 0 spiro atoms. The summed E-state index contributed by atoms with van der Waals surface area (Å²) in [7, 11) is 0. The first-order valence-electron chi connectivity index (χ1n) is 5.85. The van der Waals surface area contributed by atoms with Crippen LogP contribution in [0.2, 0.25) is 5.02 Å². The number of hydrogen-bond donors (Lipinski definition) is 2. The highest BCUT2D eigenvalue weighted by Gasteiger charge is 2.17. The number of thiophene rings is 1. The van der Waals surface area contributed by atoms with Crippen LogP contribution in [0.15, 0.2) is 42.6 Å². The van der Waals surface area contributed by atoms with Crippen LogP contribution in [0, 0.1) is 0 Å². The highest BCUT2D eigenvalue weighted by atomic mass is 35.5. The van der Waals surface area contributed by atoms with E-state index >= 15 is 0 Å². The fourth-order valence-electron chi connectivity index (χ4n) is 1.87. The molecule has 3 N–H and O–H groups in total. The quantitative estimate of drug-likeness (QED) is 0.757. The number of pyridine rings is 1. The van der Waals surface area contributed by atoms with Gasteiger partial charge in [0.1, 0.15) is 10.4 Å². The zero-order valence-corrected chi connectivity index (χ0v) is 11.8. The van der Waals surface area contributed by atoms with Gasteiger partial charge in [-0.15, -0.1) is 11.3 Å². The van der Waals surface area contributed by atoms with Crippen LogP contribution in [-0.4, -0.2) is 10.9 Å². The number of nitrogens with zero attached hydrogens (tertiary/aromatic N) is 1. The minimum atomic E-state index is -0.257. The predicted molar refractivity (Wildman–Crippen MR) is 83.4 cm³/mol. The Balaban J connectivity index is 1.95. The molecule has 0 fully saturated rings. The third kappa shape index (κ3) is 2.33. The minimum absolute atomic E-state index is 0.257. The number of anilines is 2. The van der Waals surface area contributed by atoms with Gasteiger partial charge in [-0.2, -0.15) is 0 Å². The van der Waals surface area contributed by atoms with Crippen molar-refractivity contribution in [3.63, 3.8) is 0 Å². The van der Waals surface area contributed by atoms with Gasteiger partial charge in [0.15, 0.2) is 0 Å². The van der Waals surface area contributed by atoms with E-state index in [4.69, 9.17) is 17.3 Å². The molecule has 2 aromatic heterocycles. The number of nitrogens with one attached hydrogen (secondary N) is 1. The summed E-state index contributed by atoms with van der Waals surface area (Å²) < 4.78 is 0.890. The molecule has 0 atom stereocenters. The molecule has 0 aliphatic heterocycles. The summed E-state index contributed by atoms with van der Waals surface area (Å²) in [6.07, 6.45) is 1.66. The lowest BCUT2D eigenvalue weighted by molar-refractivity contribution is 0.103. The summed E-state index contributed by atoms with van der Waals surface area (Å²) in [5.41, 5.74) is 7.68. The van der Waals surface area contributed by atoms with E-state index in [0.29, 0.717) is 26.8 Å². The molecule has 0 radical (unpaired) electrons. The Kier molecular flexibility index (Phi) is 3.30. The van der Waals surface area contributed by atoms with Crippen LogP contribution in [0.25, 0.3) is 10.2 Å². The Hall–Kier alpha value is -2.11. The number of hydrogen-bond acceptors (Lipinski definition) is 4. The summed E-state index contributed by atoms with van der Waals surface area (Å²) in [5, 5.41) is 3.34. The maximum absolute atomic E-state index is 12.3. The number of nitrogen functional groups attached to an aromatic ring is 1. The highest BCUT2D eigenvalue weighted by molar-refractivity contribution is 7.21. The van der Waals surface area contributed by atoms with E-state index in [9.17, 15) is 4.79 Å². The molecule has 20 heavy (non-hydrogen) atoms. The van der Waals surface area contributed by atoms with Gasteiger partial charge in [-0.1, -0.05) is 17.7 Å². The molecular weight excluding hydrogens is 294 g/mol. The van der Waals surface area contributed by atoms with Crippen molar-refractivity contribution < 1.29 is 4.79 Å². The van der Waals surface area contributed by atoms with Gasteiger partial charge in [-0.25, -0.2) is 0 Å². The first kappa shape index (κ1) is 12.9. The minimum Gasteiger partial charge on any atom is -0.396 e. The van der Waals surface area contributed by atoms with Gasteiger partial charge in [0, 0.05) is 16.9 Å². The molecule has 3 rings (SSSR count). The second-order valence-electron chi connectivity index (χ2n) is 4.16. The molecule has 0 unspecified atom stereocenters. The van der Waals surface area contributed by atoms with Gasteiger partial charge < -0.3 is 11.1 Å². The van der Waals surface area contributed by atoms with Gasteiger partial charge in [0.2, 0.25) is 0 Å². The largest absolute Gasteiger partial charge is 0.396 e. The predicted octanol–water partition coefficient (Wildman–Crippen LogP) is 3.78. The number of benzene rings is 1. The van der Waals surface area contributed by atoms with Crippen LogP contribution < -0.4 is 11.1 Å². The summed E-state index contributed by atoms with van der Waals surface area (Å²) in [5.74, 6) is -0.257. The molecule has 6 heteroatoms. The Labute approximate surface area is 124 Å². The third-order valence-corrected chi connectivity index (χ3v) is 4.17. The number of halogens is 1. The molecule has 2 heterocycles. The van der Waals surface area contributed by atoms with Gasteiger partial charge in [0.05, 0.1) is 10.4 Å². The van der Waals surface area contributed by atoms with E-state index in [1.54, 1.807) is 30.5 Å². The average molecular weight is 304 g/mol. The van der Waals surface area contributed by atoms with Crippen LogP contribution >= 0.6 is 22.9 Å². The molecular formula is C14H10ClN3OS. The summed E-state index contributed by atoms with van der Waals surface area (Å²) in [4.78, 5) is 16.9. The molecule has 4 nitrogen and oxygen atoms in total. The Morgan fingerprint density at radius 3 is 2.90 bits per heavy atom. The molecule has 100 valence electrons. The zero-order valence-electron chi connectivity index (χ0n) is 10.3. The summed E-state index contributed by atoms with van der Waals surface area (Å²) in [6.45, 7) is 0. The van der Waals surface area contributed by atoms with Gasteiger partial charge in [-0.05, 0) is 30.3 Å². The number of nitrogens with two attached hydrogens (primary N) is 1. The standard InChI is InChI=1S/C14H10ClN3OS/c15-8-3-1-4-9(7-8)18-14(19)13-11(16)12-10(20-13)5-2-6-17-12/h1-7H,16H2,(H,18,19). The molecule has 0 bridgehead atoms. The molecule has 0 saturated carbocycles. The van der Waals surface area contributed by atoms with E-state index in [1.807, 2.05) is 12.1 Å². The van der Waals surface area contributed by atoms with Gasteiger partial charge >= 0.3 is 0 Å². The van der Waals surface area contributed by atoms with Gasteiger partial charge in [-0.3, -0.25) is 9.78 Å². The lowest BCUT2D eigenvalue weighted by Crippen LogP contribution is -2.11. The number of fused-ring (bicyclic) bond motifs is 1. The van der Waals surface area contributed by atoms with Crippen LogP contribution in [0.4, 0.5) is 11.4 Å². The molecule has 0 saturated heterocycles. The van der Waals surface area contributed by atoms with Crippen molar-refractivity contribution in [1.82, 2.24) is 4.98 Å². The molecule has 1 amide bonds. The molecule has 0 aliphatic rings. The topological polar surface area (TPSA) is 68.0 Å². The van der Waals surface area contributed by atoms with Crippen molar-refractivity contribution >= 4 is 50.4 Å². The number of amides is 1. The summed E-state index contributed by atoms with van der Waals surface area (Å²) in [6, 6.07) is 10.7. The molecule has 0 aliphatic carbocycles. The van der Waals surface area contributed by atoms with E-state index in [0.717, 1.165) is 4.70 Å². The van der Waals surface area contributed by atoms with Crippen molar-refractivity contribution in [3.05, 3.63) is 52.5 Å². The fourth-order valence-corrected chi connectivity index (χ4v) is 3.04. The van der Waals surface area contributed by atoms with Gasteiger partial charge in [0.25, 0.3) is 5.91 Å². The normalized spacial score (nSPS) is 10.7. The maximum atomic E-state index is 12.3. The van der Waals surface area contributed by atoms with Crippen LogP contribution in [0.1, 0.15) is 9.67 Å². The highest BCUT2D eigenvalue weighted by Crippen LogP contribution is 2.32. The Morgan fingerprint density at radius 1 is 1.30 bits per heavy atom. The number of carbonyl (C=O) groups excluding carboxylic acids is 1. The number of rotatable bonds is 2. The van der Waals surface area contributed by atoms with Crippen molar-refractivity contribution in [1.29, 1.82) is 0 Å². The third-order valence-electron chi connectivity index (χ3n) is 2.77. The smallest absolute Gasteiger partial charge is 0.267 e. The van der Waals surface area contributed by atoms with E-state index in [-0.39, 0.29) is 5.91 Å². The maximum Gasteiger partial charge on any atom is 0.267 e. The van der Waals surface area contributed by atoms with Crippen LogP contribution in [0.3, 0.4) is 0 Å². The molecule has 1 aromatic carbocycles. The zero-order chi connectivity index (χ0) is 14.1. The number of aromatic nitrogens is 1. The Morgan fingerprint density at radius 2 is 2.15 bits per heavy atom. The first-order chi connectivity index (χ1) is 9.65. The van der Waals surface area contributed by atoms with Crippen molar-refractivity contribution in [2.75, 3.05) is 11.1 Å². The molecule has 3 aromatic rings. The van der Waals surface area contributed by atoms with E-state index < -0.39 is 0 Å². The van der Waals surface area contributed by atoms with E-state index in [2.05, 4.69) is 10.3 Å². The van der Waals surface area contributed by atoms with E-state index in [1.165, 1.54) is 11.3 Å². The fraction of sp³-hybridized carbons (Fsp3) is 0. The Bertz CT molecular complexity index is 800. The summed E-state index contributed by atoms with van der Waals surface area (Å²) >= 11 is 7.21. The van der Waals surface area contributed by atoms with Crippen molar-refractivity contribution in [3.8, 4) is 0 Å². The lowest BCUT2D eigenvalue weighted by atomic mass is 10.3. The monoisotopic (exact) mass is 303 g/mol. The second-order valence-corrected chi connectivity index (χ2v) is 5.65. The first-order valence-corrected chi connectivity index (χ1v) is 7.04. The lowest BCUT2D eigenvalue weighted by Gasteiger charge is -2.04. The average Bonchev–Trinajstić information content (AvgIpc) is 2.77. The number of carbonyl (C=O) groups is 1. The van der Waals surface area contributed by atoms with Crippen molar-refractivity contribution in [2.24, 2.45) is 0 Å². The second kappa shape index (κ2) is 5.11. The SMILES string of the molecule is Nc1c(C(=O)Nc2cccc(Cl)c2)sc2cccnc12. The van der Waals surface area contributed by atoms with Crippen molar-refractivity contribution in [2.45, 2.75) is 0 Å². The van der Waals surface area contributed by atoms with Crippen LogP contribution in [-0.2, 0) is 0 Å².